The number of halogens is 1. The van der Waals surface area contributed by atoms with Crippen LogP contribution in [-0.2, 0) is 0 Å². The number of benzene rings is 1. The van der Waals surface area contributed by atoms with E-state index >= 15 is 0 Å². The maximum absolute atomic E-state index is 12.3. The number of ether oxygens (including phenoxy) is 1. The third-order valence-electron chi connectivity index (χ3n) is 3.61. The van der Waals surface area contributed by atoms with E-state index in [0.717, 1.165) is 19.3 Å². The van der Waals surface area contributed by atoms with Crippen molar-refractivity contribution in [2.24, 2.45) is 11.7 Å². The third kappa shape index (κ3) is 3.22. The van der Waals surface area contributed by atoms with Gasteiger partial charge in [0.15, 0.2) is 0 Å². The second-order valence-electron chi connectivity index (χ2n) is 4.86. The van der Waals surface area contributed by atoms with Crippen LogP contribution in [-0.4, -0.2) is 24.0 Å². The molecule has 1 saturated carbocycles. The standard InChI is InChI=1S/C14H17ClN2O2S/c1-19-12-7-8(15)5-6-10(12)14(18)17-11-4-2-3-9(11)13(16)20/h5-7,9,11H,2-4H2,1H3,(H2,16,20)(H,17,18). The number of amides is 1. The molecule has 2 unspecified atom stereocenters. The number of carbonyl (C=O) groups is 1. The minimum absolute atomic E-state index is 0.000356. The first-order valence-corrected chi connectivity index (χ1v) is 7.25. The van der Waals surface area contributed by atoms with Crippen molar-refractivity contribution < 1.29 is 9.53 Å². The molecule has 4 nitrogen and oxygen atoms in total. The predicted octanol–water partition coefficient (Wildman–Crippen LogP) is 2.53. The van der Waals surface area contributed by atoms with Crippen molar-refractivity contribution in [3.63, 3.8) is 0 Å². The Morgan fingerprint density at radius 2 is 2.25 bits per heavy atom. The summed E-state index contributed by atoms with van der Waals surface area (Å²) in [5, 5.41) is 3.52. The van der Waals surface area contributed by atoms with Crippen molar-refractivity contribution in [2.45, 2.75) is 25.3 Å². The number of nitrogens with two attached hydrogens (primary N) is 1. The first-order chi connectivity index (χ1) is 9.52. The molecule has 1 fully saturated rings. The van der Waals surface area contributed by atoms with E-state index in [1.54, 1.807) is 18.2 Å². The molecule has 3 N–H and O–H groups in total. The second-order valence-corrected chi connectivity index (χ2v) is 5.77. The van der Waals surface area contributed by atoms with E-state index < -0.39 is 0 Å². The summed E-state index contributed by atoms with van der Waals surface area (Å²) < 4.78 is 5.19. The molecular formula is C14H17ClN2O2S. The van der Waals surface area contributed by atoms with Crippen LogP contribution in [0.4, 0.5) is 0 Å². The molecule has 1 aromatic rings. The average molecular weight is 313 g/mol. The van der Waals surface area contributed by atoms with Gasteiger partial charge in [0.25, 0.3) is 5.91 Å². The van der Waals surface area contributed by atoms with Crippen molar-refractivity contribution in [1.82, 2.24) is 5.32 Å². The Hall–Kier alpha value is -1.33. The van der Waals surface area contributed by atoms with E-state index in [1.165, 1.54) is 7.11 Å². The molecule has 0 aliphatic heterocycles. The maximum Gasteiger partial charge on any atom is 0.255 e. The lowest BCUT2D eigenvalue weighted by atomic mass is 10.0. The number of rotatable bonds is 4. The lowest BCUT2D eigenvalue weighted by molar-refractivity contribution is 0.0931. The van der Waals surface area contributed by atoms with Gasteiger partial charge in [0.05, 0.1) is 17.7 Å². The smallest absolute Gasteiger partial charge is 0.255 e. The van der Waals surface area contributed by atoms with Gasteiger partial charge in [-0.3, -0.25) is 4.79 Å². The summed E-state index contributed by atoms with van der Waals surface area (Å²) in [6.07, 6.45) is 2.84. The van der Waals surface area contributed by atoms with Gasteiger partial charge in [-0.1, -0.05) is 30.2 Å². The van der Waals surface area contributed by atoms with Gasteiger partial charge < -0.3 is 15.8 Å². The highest BCUT2D eigenvalue weighted by Crippen LogP contribution is 2.28. The van der Waals surface area contributed by atoms with Crippen LogP contribution in [0.25, 0.3) is 0 Å². The molecule has 2 rings (SSSR count). The Morgan fingerprint density at radius 3 is 2.90 bits per heavy atom. The molecule has 0 bridgehead atoms. The van der Waals surface area contributed by atoms with Crippen molar-refractivity contribution in [3.8, 4) is 5.75 Å². The van der Waals surface area contributed by atoms with Crippen LogP contribution in [0.3, 0.4) is 0 Å². The van der Waals surface area contributed by atoms with Gasteiger partial charge in [0.2, 0.25) is 0 Å². The molecule has 6 heteroatoms. The molecule has 2 atom stereocenters. The van der Waals surface area contributed by atoms with Crippen LogP contribution in [0.15, 0.2) is 18.2 Å². The topological polar surface area (TPSA) is 64.3 Å². The Bertz CT molecular complexity index is 536. The minimum atomic E-state index is -0.188. The first kappa shape index (κ1) is 15.1. The lowest BCUT2D eigenvalue weighted by Gasteiger charge is -2.20. The number of nitrogens with one attached hydrogen (secondary N) is 1. The molecular weight excluding hydrogens is 296 g/mol. The maximum atomic E-state index is 12.3. The number of thiocarbonyl (C=S) groups is 1. The molecule has 1 amide bonds. The van der Waals surface area contributed by atoms with Gasteiger partial charge in [-0.05, 0) is 31.0 Å². The summed E-state index contributed by atoms with van der Waals surface area (Å²) in [5.41, 5.74) is 6.18. The van der Waals surface area contributed by atoms with Crippen LogP contribution in [0, 0.1) is 5.92 Å². The van der Waals surface area contributed by atoms with Crippen molar-refractivity contribution >= 4 is 34.7 Å². The zero-order valence-corrected chi connectivity index (χ0v) is 12.8. The highest BCUT2D eigenvalue weighted by atomic mass is 35.5. The van der Waals surface area contributed by atoms with Crippen molar-refractivity contribution in [3.05, 3.63) is 28.8 Å². The van der Waals surface area contributed by atoms with Crippen LogP contribution in [0.5, 0.6) is 5.75 Å². The van der Waals surface area contributed by atoms with E-state index in [4.69, 9.17) is 34.3 Å². The molecule has 0 radical (unpaired) electrons. The summed E-state index contributed by atoms with van der Waals surface area (Å²) in [7, 11) is 1.51. The van der Waals surface area contributed by atoms with Crippen LogP contribution >= 0.6 is 23.8 Å². The Kier molecular flexibility index (Phi) is 4.83. The van der Waals surface area contributed by atoms with Gasteiger partial charge in [-0.25, -0.2) is 0 Å². The highest BCUT2D eigenvalue weighted by molar-refractivity contribution is 7.80. The van der Waals surface area contributed by atoms with Gasteiger partial charge in [0, 0.05) is 17.0 Å². The second kappa shape index (κ2) is 6.41. The summed E-state index contributed by atoms with van der Waals surface area (Å²) >= 11 is 10.9. The fourth-order valence-electron chi connectivity index (χ4n) is 2.57. The van der Waals surface area contributed by atoms with Crippen LogP contribution < -0.4 is 15.8 Å². The van der Waals surface area contributed by atoms with Gasteiger partial charge >= 0.3 is 0 Å². The van der Waals surface area contributed by atoms with Gasteiger partial charge in [-0.15, -0.1) is 0 Å². The summed E-state index contributed by atoms with van der Waals surface area (Å²) in [5.74, 6) is 0.346. The first-order valence-electron chi connectivity index (χ1n) is 6.46. The van der Waals surface area contributed by atoms with E-state index in [1.807, 2.05) is 0 Å². The quantitative estimate of drug-likeness (QED) is 0.839. The van der Waals surface area contributed by atoms with E-state index in [-0.39, 0.29) is 17.9 Å². The summed E-state index contributed by atoms with van der Waals surface area (Å²) in [6, 6.07) is 4.94. The number of carbonyl (C=O) groups excluding carboxylic acids is 1. The van der Waals surface area contributed by atoms with Gasteiger partial charge in [-0.2, -0.15) is 0 Å². The molecule has 0 spiro atoms. The Labute approximate surface area is 128 Å². The highest BCUT2D eigenvalue weighted by Gasteiger charge is 2.31. The number of hydrogen-bond acceptors (Lipinski definition) is 3. The fraction of sp³-hybridized carbons (Fsp3) is 0.429. The molecule has 20 heavy (non-hydrogen) atoms. The monoisotopic (exact) mass is 312 g/mol. The Morgan fingerprint density at radius 1 is 1.50 bits per heavy atom. The summed E-state index contributed by atoms with van der Waals surface area (Å²) in [4.78, 5) is 12.8. The molecule has 108 valence electrons. The third-order valence-corrected chi connectivity index (χ3v) is 4.14. The van der Waals surface area contributed by atoms with Crippen molar-refractivity contribution in [1.29, 1.82) is 0 Å². The molecule has 0 saturated heterocycles. The Balaban J connectivity index is 2.14. The van der Waals surface area contributed by atoms with E-state index in [0.29, 0.717) is 21.3 Å². The van der Waals surface area contributed by atoms with E-state index in [2.05, 4.69) is 5.32 Å². The average Bonchev–Trinajstić information content (AvgIpc) is 2.86. The fourth-order valence-corrected chi connectivity index (χ4v) is 3.02. The van der Waals surface area contributed by atoms with Crippen LogP contribution in [0.2, 0.25) is 5.02 Å². The molecule has 1 aliphatic rings. The molecule has 0 heterocycles. The predicted molar refractivity (Wildman–Crippen MR) is 83.4 cm³/mol. The van der Waals surface area contributed by atoms with Crippen molar-refractivity contribution in [2.75, 3.05) is 7.11 Å². The van der Waals surface area contributed by atoms with E-state index in [9.17, 15) is 4.79 Å². The molecule has 1 aliphatic carbocycles. The largest absolute Gasteiger partial charge is 0.496 e. The number of methoxy groups -OCH3 is 1. The number of hydrogen-bond donors (Lipinski definition) is 2. The zero-order valence-electron chi connectivity index (χ0n) is 11.2. The zero-order chi connectivity index (χ0) is 14.7. The van der Waals surface area contributed by atoms with Gasteiger partial charge in [0.1, 0.15) is 5.75 Å². The molecule has 0 aromatic heterocycles. The van der Waals surface area contributed by atoms with Crippen LogP contribution in [0.1, 0.15) is 29.6 Å². The SMILES string of the molecule is COc1cc(Cl)ccc1C(=O)NC1CCCC1C(N)=S. The lowest BCUT2D eigenvalue weighted by Crippen LogP contribution is -2.41. The normalized spacial score (nSPS) is 21.5. The summed E-state index contributed by atoms with van der Waals surface area (Å²) in [6.45, 7) is 0. The molecule has 1 aromatic carbocycles. The minimum Gasteiger partial charge on any atom is -0.496 e.